The summed E-state index contributed by atoms with van der Waals surface area (Å²) in [5.74, 6) is -0.320. The van der Waals surface area contributed by atoms with E-state index in [1.807, 2.05) is 18.2 Å². The van der Waals surface area contributed by atoms with Crippen LogP contribution in [0.3, 0.4) is 0 Å². The Kier molecular flexibility index (Phi) is 6.21. The highest BCUT2D eigenvalue weighted by Crippen LogP contribution is 2.28. The van der Waals surface area contributed by atoms with Gasteiger partial charge in [-0.15, -0.1) is 11.3 Å². The maximum absolute atomic E-state index is 13.1. The molecule has 0 saturated carbocycles. The number of hydrogen-bond acceptors (Lipinski definition) is 5. The second-order valence-corrected chi connectivity index (χ2v) is 10.4. The lowest BCUT2D eigenvalue weighted by Crippen LogP contribution is -2.50. The summed E-state index contributed by atoms with van der Waals surface area (Å²) in [4.78, 5) is 29.5. The first kappa shape index (κ1) is 21.0. The van der Waals surface area contributed by atoms with Gasteiger partial charge in [-0.3, -0.25) is 9.59 Å². The van der Waals surface area contributed by atoms with Crippen LogP contribution in [0.1, 0.15) is 39.3 Å². The van der Waals surface area contributed by atoms with Crippen LogP contribution in [0.25, 0.3) is 0 Å². The standard InChI is InChI=1S/C21H25N3O4S2/c25-20(17-7-3-1-4-8-17)22-12-14-23(15-13-22)21(26)19-18(9-16-29-19)30(27,28)24-10-5-2-6-11-24/h1,3-4,7-9,16H,2,5-6,10-15H2. The van der Waals surface area contributed by atoms with Gasteiger partial charge in [-0.25, -0.2) is 8.42 Å². The largest absolute Gasteiger partial charge is 0.335 e. The third-order valence-electron chi connectivity index (χ3n) is 5.63. The van der Waals surface area contributed by atoms with Gasteiger partial charge in [-0.2, -0.15) is 4.31 Å². The molecular weight excluding hydrogens is 422 g/mol. The number of sulfonamides is 1. The Labute approximate surface area is 180 Å². The van der Waals surface area contributed by atoms with Crippen molar-refractivity contribution in [1.29, 1.82) is 0 Å². The molecule has 2 aliphatic heterocycles. The minimum absolute atomic E-state index is 0.0489. The molecule has 9 heteroatoms. The van der Waals surface area contributed by atoms with Crippen LogP contribution in [0.15, 0.2) is 46.7 Å². The molecule has 1 aromatic heterocycles. The number of piperidine rings is 1. The van der Waals surface area contributed by atoms with Gasteiger partial charge < -0.3 is 9.80 Å². The van der Waals surface area contributed by atoms with Crippen molar-refractivity contribution in [1.82, 2.24) is 14.1 Å². The third kappa shape index (κ3) is 4.14. The van der Waals surface area contributed by atoms with E-state index in [1.54, 1.807) is 27.3 Å². The summed E-state index contributed by atoms with van der Waals surface area (Å²) in [6.07, 6.45) is 2.74. The first-order chi connectivity index (χ1) is 14.5. The predicted molar refractivity (Wildman–Crippen MR) is 115 cm³/mol. The van der Waals surface area contributed by atoms with E-state index in [4.69, 9.17) is 0 Å². The highest BCUT2D eigenvalue weighted by atomic mass is 32.2. The fourth-order valence-corrected chi connectivity index (χ4v) is 6.80. The molecule has 0 atom stereocenters. The van der Waals surface area contributed by atoms with Gasteiger partial charge in [0.05, 0.1) is 0 Å². The molecule has 2 fully saturated rings. The number of rotatable bonds is 4. The van der Waals surface area contributed by atoms with Crippen molar-refractivity contribution in [3.8, 4) is 0 Å². The van der Waals surface area contributed by atoms with Crippen molar-refractivity contribution < 1.29 is 18.0 Å². The number of carbonyl (C=O) groups is 2. The van der Waals surface area contributed by atoms with Gasteiger partial charge >= 0.3 is 0 Å². The Balaban J connectivity index is 1.44. The van der Waals surface area contributed by atoms with Gasteiger partial charge in [0.25, 0.3) is 11.8 Å². The molecule has 7 nitrogen and oxygen atoms in total. The maximum atomic E-state index is 13.1. The monoisotopic (exact) mass is 447 g/mol. The summed E-state index contributed by atoms with van der Waals surface area (Å²) in [6, 6.07) is 10.6. The van der Waals surface area contributed by atoms with E-state index in [2.05, 4.69) is 0 Å². The number of thiophene rings is 1. The number of amides is 2. The summed E-state index contributed by atoms with van der Waals surface area (Å²) in [5.41, 5.74) is 0.630. The van der Waals surface area contributed by atoms with Gasteiger partial charge in [0.2, 0.25) is 10.0 Å². The number of hydrogen-bond donors (Lipinski definition) is 0. The van der Waals surface area contributed by atoms with E-state index in [0.717, 1.165) is 19.3 Å². The van der Waals surface area contributed by atoms with Crippen molar-refractivity contribution in [3.05, 3.63) is 52.2 Å². The van der Waals surface area contributed by atoms with Crippen LogP contribution in [0.4, 0.5) is 0 Å². The summed E-state index contributed by atoms with van der Waals surface area (Å²) in [6.45, 7) is 2.65. The molecule has 1 aromatic carbocycles. The Bertz CT molecular complexity index is 1010. The lowest BCUT2D eigenvalue weighted by atomic mass is 10.2. The number of nitrogens with zero attached hydrogens (tertiary/aromatic N) is 3. The molecule has 0 aliphatic carbocycles. The van der Waals surface area contributed by atoms with Gasteiger partial charge in [0, 0.05) is 44.8 Å². The Morgan fingerprint density at radius 2 is 1.37 bits per heavy atom. The minimum atomic E-state index is -3.66. The molecule has 0 spiro atoms. The van der Waals surface area contributed by atoms with Crippen LogP contribution >= 0.6 is 11.3 Å². The van der Waals surface area contributed by atoms with Gasteiger partial charge in [-0.1, -0.05) is 24.6 Å². The summed E-state index contributed by atoms with van der Waals surface area (Å²) >= 11 is 1.17. The third-order valence-corrected chi connectivity index (χ3v) is 8.60. The Hall–Kier alpha value is -2.23. The lowest BCUT2D eigenvalue weighted by Gasteiger charge is -2.35. The van der Waals surface area contributed by atoms with Crippen molar-refractivity contribution >= 4 is 33.2 Å². The molecular formula is C21H25N3O4S2. The molecule has 160 valence electrons. The Morgan fingerprint density at radius 1 is 0.767 bits per heavy atom. The van der Waals surface area contributed by atoms with Crippen molar-refractivity contribution in [2.24, 2.45) is 0 Å². The van der Waals surface area contributed by atoms with Crippen LogP contribution in [0, 0.1) is 0 Å². The molecule has 2 aliphatic rings. The quantitative estimate of drug-likeness (QED) is 0.722. The molecule has 0 radical (unpaired) electrons. The molecule has 2 aromatic rings. The average molecular weight is 448 g/mol. The summed E-state index contributed by atoms with van der Waals surface area (Å²) in [7, 11) is -3.66. The predicted octanol–water partition coefficient (Wildman–Crippen LogP) is 2.52. The first-order valence-corrected chi connectivity index (χ1v) is 12.5. The molecule has 2 saturated heterocycles. The highest BCUT2D eigenvalue weighted by Gasteiger charge is 2.33. The van der Waals surface area contributed by atoms with Crippen molar-refractivity contribution in [3.63, 3.8) is 0 Å². The molecule has 0 unspecified atom stereocenters. The second kappa shape index (κ2) is 8.87. The van der Waals surface area contributed by atoms with E-state index < -0.39 is 10.0 Å². The van der Waals surface area contributed by atoms with E-state index in [1.165, 1.54) is 21.7 Å². The summed E-state index contributed by atoms with van der Waals surface area (Å²) < 4.78 is 27.6. The van der Waals surface area contributed by atoms with Crippen LogP contribution < -0.4 is 0 Å². The van der Waals surface area contributed by atoms with Gasteiger partial charge in [-0.05, 0) is 36.4 Å². The zero-order valence-electron chi connectivity index (χ0n) is 16.7. The topological polar surface area (TPSA) is 78.0 Å². The van der Waals surface area contributed by atoms with E-state index in [9.17, 15) is 18.0 Å². The van der Waals surface area contributed by atoms with Crippen LogP contribution in [0.2, 0.25) is 0 Å². The fraction of sp³-hybridized carbons (Fsp3) is 0.429. The van der Waals surface area contributed by atoms with Crippen LogP contribution in [0.5, 0.6) is 0 Å². The first-order valence-electron chi connectivity index (χ1n) is 10.2. The van der Waals surface area contributed by atoms with E-state index >= 15 is 0 Å². The van der Waals surface area contributed by atoms with Crippen molar-refractivity contribution in [2.45, 2.75) is 24.2 Å². The van der Waals surface area contributed by atoms with E-state index in [-0.39, 0.29) is 21.6 Å². The molecule has 30 heavy (non-hydrogen) atoms. The average Bonchev–Trinajstić information content (AvgIpc) is 3.30. The number of carbonyl (C=O) groups excluding carboxylic acids is 2. The Morgan fingerprint density at radius 3 is 2.00 bits per heavy atom. The zero-order chi connectivity index (χ0) is 21.1. The summed E-state index contributed by atoms with van der Waals surface area (Å²) in [5, 5.41) is 1.67. The highest BCUT2D eigenvalue weighted by molar-refractivity contribution is 7.89. The van der Waals surface area contributed by atoms with Crippen LogP contribution in [-0.4, -0.2) is 73.6 Å². The molecule has 3 heterocycles. The lowest BCUT2D eigenvalue weighted by molar-refractivity contribution is 0.0536. The minimum Gasteiger partial charge on any atom is -0.335 e. The number of benzene rings is 1. The van der Waals surface area contributed by atoms with Crippen LogP contribution in [-0.2, 0) is 10.0 Å². The smallest absolute Gasteiger partial charge is 0.265 e. The van der Waals surface area contributed by atoms with Gasteiger partial charge in [0.1, 0.15) is 9.77 Å². The van der Waals surface area contributed by atoms with Crippen molar-refractivity contribution in [2.75, 3.05) is 39.3 Å². The molecule has 0 N–H and O–H groups in total. The molecule has 4 rings (SSSR count). The second-order valence-electron chi connectivity index (χ2n) is 7.53. The number of piperazine rings is 1. The van der Waals surface area contributed by atoms with Gasteiger partial charge in [0.15, 0.2) is 0 Å². The zero-order valence-corrected chi connectivity index (χ0v) is 18.3. The normalized spacial score (nSPS) is 18.4. The van der Waals surface area contributed by atoms with E-state index in [0.29, 0.717) is 44.8 Å². The maximum Gasteiger partial charge on any atom is 0.265 e. The SMILES string of the molecule is O=C(c1ccccc1)N1CCN(C(=O)c2sccc2S(=O)(=O)N2CCCCC2)CC1. The molecule has 0 bridgehead atoms. The fourth-order valence-electron chi connectivity index (χ4n) is 3.92. The molecule has 2 amide bonds.